The highest BCUT2D eigenvalue weighted by Crippen LogP contribution is 2.30. The van der Waals surface area contributed by atoms with Crippen molar-refractivity contribution in [3.05, 3.63) is 29.8 Å². The molecule has 19 heavy (non-hydrogen) atoms. The van der Waals surface area contributed by atoms with Crippen LogP contribution >= 0.6 is 0 Å². The number of nitrogens with zero attached hydrogens (tertiary/aromatic N) is 1. The topological polar surface area (TPSA) is 15.3 Å². The van der Waals surface area contributed by atoms with E-state index < -0.39 is 0 Å². The van der Waals surface area contributed by atoms with Crippen LogP contribution in [0.1, 0.15) is 44.6 Å². The summed E-state index contributed by atoms with van der Waals surface area (Å²) in [6.45, 7) is 4.75. The summed E-state index contributed by atoms with van der Waals surface area (Å²) in [5.74, 6) is 0. The van der Waals surface area contributed by atoms with Gasteiger partial charge in [-0.25, -0.2) is 0 Å². The van der Waals surface area contributed by atoms with E-state index in [0.717, 1.165) is 6.54 Å². The highest BCUT2D eigenvalue weighted by atomic mass is 15.2. The Hall–Kier alpha value is -1.02. The van der Waals surface area contributed by atoms with Gasteiger partial charge < -0.3 is 10.2 Å². The van der Waals surface area contributed by atoms with Crippen molar-refractivity contribution in [2.45, 2.75) is 51.5 Å². The number of rotatable bonds is 7. The molecule has 0 bridgehead atoms. The molecule has 106 valence electrons. The van der Waals surface area contributed by atoms with Crippen LogP contribution in [0.2, 0.25) is 0 Å². The fourth-order valence-electron chi connectivity index (χ4n) is 3.04. The minimum Gasteiger partial charge on any atom is -0.369 e. The summed E-state index contributed by atoms with van der Waals surface area (Å²) >= 11 is 0. The largest absolute Gasteiger partial charge is 0.369 e. The second-order valence-corrected chi connectivity index (χ2v) is 5.73. The van der Waals surface area contributed by atoms with E-state index in [1.165, 1.54) is 56.3 Å². The van der Waals surface area contributed by atoms with E-state index in [-0.39, 0.29) is 0 Å². The molecule has 0 saturated carbocycles. The van der Waals surface area contributed by atoms with Crippen molar-refractivity contribution in [1.82, 2.24) is 5.32 Å². The maximum atomic E-state index is 3.22. The van der Waals surface area contributed by atoms with Gasteiger partial charge in [0, 0.05) is 18.3 Å². The van der Waals surface area contributed by atoms with Crippen molar-refractivity contribution in [1.29, 1.82) is 0 Å². The zero-order valence-electron chi connectivity index (χ0n) is 12.5. The van der Waals surface area contributed by atoms with Crippen molar-refractivity contribution >= 4 is 5.69 Å². The Labute approximate surface area is 118 Å². The zero-order chi connectivity index (χ0) is 13.5. The van der Waals surface area contributed by atoms with Crippen molar-refractivity contribution in [3.63, 3.8) is 0 Å². The Morgan fingerprint density at radius 2 is 1.95 bits per heavy atom. The number of anilines is 1. The first kappa shape index (κ1) is 14.4. The lowest BCUT2D eigenvalue weighted by molar-refractivity contribution is 0.533. The molecule has 1 unspecified atom stereocenters. The molecule has 0 aliphatic carbocycles. The van der Waals surface area contributed by atoms with Crippen LogP contribution in [0.15, 0.2) is 24.3 Å². The average Bonchev–Trinajstić information content (AvgIpc) is 2.44. The van der Waals surface area contributed by atoms with Crippen molar-refractivity contribution < 1.29 is 0 Å². The number of fused-ring (bicyclic) bond motifs is 1. The van der Waals surface area contributed by atoms with Gasteiger partial charge in [0.1, 0.15) is 0 Å². The molecule has 1 aliphatic rings. The minimum absolute atomic E-state index is 0.701. The summed E-state index contributed by atoms with van der Waals surface area (Å²) in [7, 11) is 2.03. The van der Waals surface area contributed by atoms with Crippen LogP contribution in [0.5, 0.6) is 0 Å². The molecule has 1 aliphatic heterocycles. The van der Waals surface area contributed by atoms with Gasteiger partial charge >= 0.3 is 0 Å². The Morgan fingerprint density at radius 1 is 1.16 bits per heavy atom. The molecule has 1 heterocycles. The predicted octanol–water partition coefficient (Wildman–Crippen LogP) is 3.61. The SMILES string of the molecule is CNCCCCCCN1c2ccccc2CCC1C. The van der Waals surface area contributed by atoms with Crippen LogP contribution in [-0.4, -0.2) is 26.2 Å². The molecule has 0 aromatic heterocycles. The predicted molar refractivity (Wildman–Crippen MR) is 84.0 cm³/mol. The van der Waals surface area contributed by atoms with Gasteiger partial charge in [-0.05, 0) is 57.8 Å². The highest BCUT2D eigenvalue weighted by molar-refractivity contribution is 5.56. The molecule has 0 amide bonds. The second kappa shape index (κ2) is 7.54. The number of nitrogens with one attached hydrogen (secondary N) is 1. The Bertz CT molecular complexity index is 375. The number of para-hydroxylation sites is 1. The number of hydrogen-bond acceptors (Lipinski definition) is 2. The quantitative estimate of drug-likeness (QED) is 0.753. The maximum Gasteiger partial charge on any atom is 0.0401 e. The van der Waals surface area contributed by atoms with Crippen molar-refractivity contribution in [3.8, 4) is 0 Å². The van der Waals surface area contributed by atoms with Crippen LogP contribution in [-0.2, 0) is 6.42 Å². The fourth-order valence-corrected chi connectivity index (χ4v) is 3.04. The summed E-state index contributed by atoms with van der Waals surface area (Å²) in [5, 5.41) is 3.22. The summed E-state index contributed by atoms with van der Waals surface area (Å²) in [6.07, 6.45) is 7.88. The maximum absolute atomic E-state index is 3.22. The van der Waals surface area contributed by atoms with Gasteiger partial charge in [0.15, 0.2) is 0 Å². The first-order chi connectivity index (χ1) is 9.33. The molecular formula is C17H28N2. The van der Waals surface area contributed by atoms with Gasteiger partial charge in [0.2, 0.25) is 0 Å². The molecule has 0 radical (unpaired) electrons. The number of benzene rings is 1. The molecule has 1 aromatic carbocycles. The van der Waals surface area contributed by atoms with Crippen LogP contribution in [0, 0.1) is 0 Å². The third-order valence-corrected chi connectivity index (χ3v) is 4.24. The third-order valence-electron chi connectivity index (χ3n) is 4.24. The van der Waals surface area contributed by atoms with Crippen LogP contribution in [0.25, 0.3) is 0 Å². The van der Waals surface area contributed by atoms with Crippen LogP contribution in [0.4, 0.5) is 5.69 Å². The number of unbranched alkanes of at least 4 members (excludes halogenated alkanes) is 3. The first-order valence-electron chi connectivity index (χ1n) is 7.82. The minimum atomic E-state index is 0.701. The van der Waals surface area contributed by atoms with E-state index in [1.807, 2.05) is 7.05 Å². The van der Waals surface area contributed by atoms with Crippen molar-refractivity contribution in [2.75, 3.05) is 25.0 Å². The number of hydrogen-bond donors (Lipinski definition) is 1. The Morgan fingerprint density at radius 3 is 2.79 bits per heavy atom. The summed E-state index contributed by atoms with van der Waals surface area (Å²) < 4.78 is 0. The van der Waals surface area contributed by atoms with E-state index in [9.17, 15) is 0 Å². The molecule has 0 saturated heterocycles. The second-order valence-electron chi connectivity index (χ2n) is 5.73. The van der Waals surface area contributed by atoms with E-state index in [0.29, 0.717) is 6.04 Å². The zero-order valence-corrected chi connectivity index (χ0v) is 12.5. The molecule has 1 aromatic rings. The van der Waals surface area contributed by atoms with Gasteiger partial charge in [-0.1, -0.05) is 31.0 Å². The first-order valence-corrected chi connectivity index (χ1v) is 7.82. The smallest absolute Gasteiger partial charge is 0.0401 e. The van der Waals surface area contributed by atoms with Crippen LogP contribution in [0.3, 0.4) is 0 Å². The van der Waals surface area contributed by atoms with Gasteiger partial charge in [-0.3, -0.25) is 0 Å². The lowest BCUT2D eigenvalue weighted by Crippen LogP contribution is -2.37. The van der Waals surface area contributed by atoms with E-state index in [1.54, 1.807) is 0 Å². The number of aryl methyl sites for hydroxylation is 1. The lowest BCUT2D eigenvalue weighted by Gasteiger charge is -2.37. The molecule has 2 nitrogen and oxygen atoms in total. The monoisotopic (exact) mass is 260 g/mol. The summed E-state index contributed by atoms with van der Waals surface area (Å²) in [6, 6.07) is 9.64. The summed E-state index contributed by atoms with van der Waals surface area (Å²) in [5.41, 5.74) is 3.02. The van der Waals surface area contributed by atoms with E-state index in [2.05, 4.69) is 41.4 Å². The average molecular weight is 260 g/mol. The normalized spacial score (nSPS) is 18.4. The standard InChI is InChI=1S/C17H28N2/c1-15-11-12-16-9-5-6-10-17(16)19(15)14-8-4-3-7-13-18-2/h5-6,9-10,15,18H,3-4,7-8,11-14H2,1-2H3. The molecule has 0 spiro atoms. The molecule has 2 heteroatoms. The van der Waals surface area contributed by atoms with Gasteiger partial charge in [0.25, 0.3) is 0 Å². The molecule has 2 rings (SSSR count). The van der Waals surface area contributed by atoms with E-state index >= 15 is 0 Å². The van der Waals surface area contributed by atoms with Crippen LogP contribution < -0.4 is 10.2 Å². The lowest BCUT2D eigenvalue weighted by atomic mass is 9.96. The van der Waals surface area contributed by atoms with E-state index in [4.69, 9.17) is 0 Å². The van der Waals surface area contributed by atoms with Gasteiger partial charge in [-0.15, -0.1) is 0 Å². The Kier molecular flexibility index (Phi) is 5.71. The molecular weight excluding hydrogens is 232 g/mol. The van der Waals surface area contributed by atoms with Gasteiger partial charge in [0.05, 0.1) is 0 Å². The Balaban J connectivity index is 1.82. The molecule has 0 fully saturated rings. The molecule has 1 atom stereocenters. The highest BCUT2D eigenvalue weighted by Gasteiger charge is 2.21. The molecule has 1 N–H and O–H groups in total. The summed E-state index contributed by atoms with van der Waals surface area (Å²) in [4.78, 5) is 2.62. The van der Waals surface area contributed by atoms with Gasteiger partial charge in [-0.2, -0.15) is 0 Å². The van der Waals surface area contributed by atoms with Crippen molar-refractivity contribution in [2.24, 2.45) is 0 Å². The fraction of sp³-hybridized carbons (Fsp3) is 0.647. The third kappa shape index (κ3) is 3.97.